The first kappa shape index (κ1) is 12.9. The van der Waals surface area contributed by atoms with Gasteiger partial charge in [-0.1, -0.05) is 0 Å². The quantitative estimate of drug-likeness (QED) is 0.503. The third-order valence-corrected chi connectivity index (χ3v) is 2.66. The monoisotopic (exact) mass is 263 g/mol. The Kier molecular flexibility index (Phi) is 3.16. The van der Waals surface area contributed by atoms with E-state index in [2.05, 4.69) is 0 Å². The van der Waals surface area contributed by atoms with Crippen LogP contribution in [0.2, 0.25) is 0 Å². The average molecular weight is 263 g/mol. The van der Waals surface area contributed by atoms with Crippen molar-refractivity contribution in [2.24, 2.45) is 0 Å². The molecule has 0 radical (unpaired) electrons. The Morgan fingerprint density at radius 1 is 1.37 bits per heavy atom. The summed E-state index contributed by atoms with van der Waals surface area (Å²) in [6.07, 6.45) is 0. The molecule has 6 nitrogen and oxygen atoms in total. The molecule has 2 aromatic rings. The number of carbonyl (C=O) groups is 1. The van der Waals surface area contributed by atoms with Crippen molar-refractivity contribution >= 4 is 22.6 Å². The van der Waals surface area contributed by atoms with Gasteiger partial charge in [0.2, 0.25) is 0 Å². The van der Waals surface area contributed by atoms with E-state index in [1.165, 1.54) is 20.1 Å². The number of aryl methyl sites for hydroxylation is 1. The van der Waals surface area contributed by atoms with Crippen LogP contribution in [-0.4, -0.2) is 13.1 Å². The van der Waals surface area contributed by atoms with Gasteiger partial charge in [0, 0.05) is 17.9 Å². The molecule has 19 heavy (non-hydrogen) atoms. The summed E-state index contributed by atoms with van der Waals surface area (Å²) < 4.78 is 15.4. The molecule has 1 aromatic carbocycles. The summed E-state index contributed by atoms with van der Waals surface area (Å²) in [5.74, 6) is 0.113. The van der Waals surface area contributed by atoms with Crippen LogP contribution in [0.15, 0.2) is 21.3 Å². The smallest absolute Gasteiger partial charge is 0.359 e. The first-order valence-electron chi connectivity index (χ1n) is 5.53. The summed E-state index contributed by atoms with van der Waals surface area (Å²) >= 11 is 0. The Morgan fingerprint density at radius 2 is 2.05 bits per heavy atom. The van der Waals surface area contributed by atoms with Crippen molar-refractivity contribution < 1.29 is 18.7 Å². The molecule has 0 saturated carbocycles. The topological polar surface area (TPSA) is 91.8 Å². The highest BCUT2D eigenvalue weighted by Crippen LogP contribution is 2.37. The van der Waals surface area contributed by atoms with Crippen LogP contribution in [0.25, 0.3) is 11.0 Å². The molecule has 0 atom stereocenters. The van der Waals surface area contributed by atoms with Gasteiger partial charge >= 0.3 is 11.6 Å². The Hall–Kier alpha value is -2.50. The van der Waals surface area contributed by atoms with E-state index in [-0.39, 0.29) is 11.4 Å². The van der Waals surface area contributed by atoms with Crippen molar-refractivity contribution in [3.05, 3.63) is 28.1 Å². The number of esters is 1. The molecule has 0 fully saturated rings. The van der Waals surface area contributed by atoms with E-state index in [9.17, 15) is 9.59 Å². The number of nitrogen functional groups attached to an aromatic ring is 1. The highest BCUT2D eigenvalue weighted by Gasteiger charge is 2.17. The Bertz CT molecular complexity index is 717. The summed E-state index contributed by atoms with van der Waals surface area (Å²) in [5.41, 5.74) is 5.71. The predicted molar refractivity (Wildman–Crippen MR) is 69.5 cm³/mol. The van der Waals surface area contributed by atoms with E-state index in [0.717, 1.165) is 0 Å². The number of ether oxygens (including phenoxy) is 2. The molecule has 0 bridgehead atoms. The molecule has 0 unspecified atom stereocenters. The molecule has 1 heterocycles. The lowest BCUT2D eigenvalue weighted by Gasteiger charge is -2.12. The first-order chi connectivity index (χ1) is 8.93. The van der Waals surface area contributed by atoms with Crippen molar-refractivity contribution in [3.63, 3.8) is 0 Å². The van der Waals surface area contributed by atoms with Crippen LogP contribution in [0, 0.1) is 6.92 Å². The highest BCUT2D eigenvalue weighted by atomic mass is 16.6. The van der Waals surface area contributed by atoms with Gasteiger partial charge in [-0.05, 0) is 19.1 Å². The molecular weight excluding hydrogens is 250 g/mol. The molecule has 2 N–H and O–H groups in total. The molecule has 0 saturated heterocycles. The molecule has 2 rings (SSSR count). The lowest BCUT2D eigenvalue weighted by Crippen LogP contribution is -2.08. The van der Waals surface area contributed by atoms with Crippen LogP contribution in [0.5, 0.6) is 11.5 Å². The van der Waals surface area contributed by atoms with Crippen LogP contribution >= 0.6 is 0 Å². The number of hydrogen-bond acceptors (Lipinski definition) is 6. The minimum atomic E-state index is -0.630. The third kappa shape index (κ3) is 2.24. The minimum Gasteiger partial charge on any atom is -0.493 e. The second-order valence-electron chi connectivity index (χ2n) is 4.03. The van der Waals surface area contributed by atoms with Gasteiger partial charge in [-0.15, -0.1) is 0 Å². The summed E-state index contributed by atoms with van der Waals surface area (Å²) in [7, 11) is 1.45. The van der Waals surface area contributed by atoms with Crippen molar-refractivity contribution in [2.75, 3.05) is 12.8 Å². The van der Waals surface area contributed by atoms with E-state index in [1.807, 2.05) is 0 Å². The maximum Gasteiger partial charge on any atom is 0.359 e. The molecule has 0 aliphatic rings. The normalized spacial score (nSPS) is 10.5. The maximum absolute atomic E-state index is 11.4. The zero-order valence-corrected chi connectivity index (χ0v) is 10.8. The van der Waals surface area contributed by atoms with Crippen molar-refractivity contribution in [1.29, 1.82) is 0 Å². The van der Waals surface area contributed by atoms with Crippen LogP contribution in [0.1, 0.15) is 12.5 Å². The van der Waals surface area contributed by atoms with Gasteiger partial charge in [-0.25, -0.2) is 4.79 Å². The van der Waals surface area contributed by atoms with Gasteiger partial charge in [0.15, 0.2) is 11.5 Å². The largest absolute Gasteiger partial charge is 0.493 e. The molecule has 0 aliphatic heterocycles. The number of methoxy groups -OCH3 is 1. The van der Waals surface area contributed by atoms with E-state index < -0.39 is 11.6 Å². The molecule has 0 spiro atoms. The van der Waals surface area contributed by atoms with Gasteiger partial charge < -0.3 is 19.6 Å². The van der Waals surface area contributed by atoms with Crippen LogP contribution < -0.4 is 20.8 Å². The average Bonchev–Trinajstić information content (AvgIpc) is 2.35. The summed E-state index contributed by atoms with van der Waals surface area (Å²) in [4.78, 5) is 22.5. The predicted octanol–water partition coefficient (Wildman–Crippen LogP) is 1.62. The number of benzene rings is 1. The second-order valence-corrected chi connectivity index (χ2v) is 4.03. The van der Waals surface area contributed by atoms with E-state index >= 15 is 0 Å². The summed E-state index contributed by atoms with van der Waals surface area (Å²) in [6, 6.07) is 3.09. The standard InChI is InChI=1S/C13H13NO5/c1-6-11-8(4-9(14)13(16)19-11)5-10(17-3)12(6)18-7(2)15/h4-5H,14H2,1-3H3. The maximum atomic E-state index is 11.4. The summed E-state index contributed by atoms with van der Waals surface area (Å²) in [5, 5.41) is 0.599. The zero-order valence-electron chi connectivity index (χ0n) is 10.8. The van der Waals surface area contributed by atoms with Crippen molar-refractivity contribution in [3.8, 4) is 11.5 Å². The van der Waals surface area contributed by atoms with Gasteiger partial charge in [-0.3, -0.25) is 4.79 Å². The van der Waals surface area contributed by atoms with E-state index in [4.69, 9.17) is 19.6 Å². The summed E-state index contributed by atoms with van der Waals surface area (Å²) in [6.45, 7) is 2.95. The molecular formula is C13H13NO5. The van der Waals surface area contributed by atoms with Crippen LogP contribution in [0.3, 0.4) is 0 Å². The number of carbonyl (C=O) groups excluding carboxylic acids is 1. The third-order valence-electron chi connectivity index (χ3n) is 2.66. The van der Waals surface area contributed by atoms with E-state index in [1.54, 1.807) is 13.0 Å². The Balaban J connectivity index is 2.81. The Morgan fingerprint density at radius 3 is 2.63 bits per heavy atom. The number of hydrogen-bond donors (Lipinski definition) is 1. The minimum absolute atomic E-state index is 0.00851. The highest BCUT2D eigenvalue weighted by molar-refractivity contribution is 5.87. The first-order valence-corrected chi connectivity index (χ1v) is 5.53. The number of rotatable bonds is 2. The SMILES string of the molecule is COc1cc2cc(N)c(=O)oc2c(C)c1OC(C)=O. The number of fused-ring (bicyclic) bond motifs is 1. The zero-order chi connectivity index (χ0) is 14.2. The Labute approximate surface area is 108 Å². The number of anilines is 1. The van der Waals surface area contributed by atoms with Gasteiger partial charge in [-0.2, -0.15) is 0 Å². The lowest BCUT2D eigenvalue weighted by atomic mass is 10.1. The van der Waals surface area contributed by atoms with Gasteiger partial charge in [0.05, 0.1) is 7.11 Å². The molecule has 1 aromatic heterocycles. The molecule has 6 heteroatoms. The number of nitrogens with two attached hydrogens (primary N) is 1. The van der Waals surface area contributed by atoms with E-state index in [0.29, 0.717) is 22.3 Å². The van der Waals surface area contributed by atoms with Gasteiger partial charge in [0.25, 0.3) is 0 Å². The molecule has 100 valence electrons. The van der Waals surface area contributed by atoms with Crippen LogP contribution in [0.4, 0.5) is 5.69 Å². The van der Waals surface area contributed by atoms with Crippen molar-refractivity contribution in [1.82, 2.24) is 0 Å². The second kappa shape index (κ2) is 4.64. The fourth-order valence-corrected chi connectivity index (χ4v) is 1.82. The van der Waals surface area contributed by atoms with Crippen molar-refractivity contribution in [2.45, 2.75) is 13.8 Å². The lowest BCUT2D eigenvalue weighted by molar-refractivity contribution is -0.132. The molecule has 0 amide bonds. The fraction of sp³-hybridized carbons (Fsp3) is 0.231. The molecule has 0 aliphatic carbocycles. The van der Waals surface area contributed by atoms with Gasteiger partial charge in [0.1, 0.15) is 11.3 Å². The fourth-order valence-electron chi connectivity index (χ4n) is 1.82. The van der Waals surface area contributed by atoms with Crippen LogP contribution in [-0.2, 0) is 4.79 Å².